The topological polar surface area (TPSA) is 24.5 Å². The van der Waals surface area contributed by atoms with Crippen LogP contribution >= 0.6 is 0 Å². The van der Waals surface area contributed by atoms with Crippen LogP contribution in [0.2, 0.25) is 0 Å². The van der Waals surface area contributed by atoms with Crippen LogP contribution in [0, 0.1) is 5.92 Å². The molecule has 0 aromatic heterocycles. The van der Waals surface area contributed by atoms with E-state index in [1.165, 1.54) is 13.0 Å². The zero-order valence-corrected chi connectivity index (χ0v) is 10.6. The van der Waals surface area contributed by atoms with Crippen molar-refractivity contribution in [1.82, 2.24) is 10.2 Å². The second-order valence-electron chi connectivity index (χ2n) is 4.76. The third kappa shape index (κ3) is 4.09. The summed E-state index contributed by atoms with van der Waals surface area (Å²) >= 11 is 0. The smallest absolute Gasteiger partial charge is 0.0724 e. The molecule has 0 spiro atoms. The first-order valence-electron chi connectivity index (χ1n) is 6.15. The van der Waals surface area contributed by atoms with Gasteiger partial charge in [-0.05, 0) is 32.4 Å². The van der Waals surface area contributed by atoms with Gasteiger partial charge in [-0.15, -0.1) is 0 Å². The summed E-state index contributed by atoms with van der Waals surface area (Å²) in [7, 11) is 1.83. The van der Waals surface area contributed by atoms with Gasteiger partial charge in [-0.1, -0.05) is 13.8 Å². The molecule has 0 aromatic carbocycles. The summed E-state index contributed by atoms with van der Waals surface area (Å²) < 4.78 is 5.51. The van der Waals surface area contributed by atoms with Crippen LogP contribution < -0.4 is 5.32 Å². The van der Waals surface area contributed by atoms with Crippen LogP contribution in [0.15, 0.2) is 0 Å². The van der Waals surface area contributed by atoms with Gasteiger partial charge in [0.05, 0.1) is 6.10 Å². The van der Waals surface area contributed by atoms with E-state index in [0.717, 1.165) is 19.6 Å². The van der Waals surface area contributed by atoms with Crippen molar-refractivity contribution in [3.8, 4) is 0 Å². The van der Waals surface area contributed by atoms with E-state index in [9.17, 15) is 0 Å². The van der Waals surface area contributed by atoms with Crippen LogP contribution in [-0.4, -0.2) is 50.3 Å². The lowest BCUT2D eigenvalue weighted by atomic mass is 9.95. The summed E-state index contributed by atoms with van der Waals surface area (Å²) in [5.74, 6) is 0.709. The molecule has 3 atom stereocenters. The van der Waals surface area contributed by atoms with Gasteiger partial charge in [0, 0.05) is 26.2 Å². The molecular formula is C12H26N2O. The molecule has 1 saturated heterocycles. The molecule has 1 aliphatic heterocycles. The van der Waals surface area contributed by atoms with Crippen molar-refractivity contribution in [3.63, 3.8) is 0 Å². The maximum absolute atomic E-state index is 5.51. The van der Waals surface area contributed by atoms with Crippen molar-refractivity contribution in [2.24, 2.45) is 5.92 Å². The minimum absolute atomic E-state index is 0.424. The molecule has 15 heavy (non-hydrogen) atoms. The molecule has 1 N–H and O–H groups in total. The molecule has 3 nitrogen and oxygen atoms in total. The fourth-order valence-corrected chi connectivity index (χ4v) is 2.37. The normalized spacial score (nSPS) is 30.4. The fourth-order valence-electron chi connectivity index (χ4n) is 2.37. The number of nitrogens with zero attached hydrogens (tertiary/aromatic N) is 1. The first-order chi connectivity index (χ1) is 7.17. The Bertz CT molecular complexity index is 175. The summed E-state index contributed by atoms with van der Waals surface area (Å²) in [5, 5.41) is 3.45. The van der Waals surface area contributed by atoms with Gasteiger partial charge >= 0.3 is 0 Å². The molecule has 1 heterocycles. The van der Waals surface area contributed by atoms with Crippen molar-refractivity contribution in [2.45, 2.75) is 39.3 Å². The number of hydrogen-bond donors (Lipinski definition) is 1. The summed E-state index contributed by atoms with van der Waals surface area (Å²) in [4.78, 5) is 2.52. The lowest BCUT2D eigenvalue weighted by Gasteiger charge is -2.37. The number of methoxy groups -OCH3 is 1. The summed E-state index contributed by atoms with van der Waals surface area (Å²) in [5.41, 5.74) is 0. The molecular weight excluding hydrogens is 188 g/mol. The molecule has 0 radical (unpaired) electrons. The Morgan fingerprint density at radius 3 is 2.87 bits per heavy atom. The molecule has 1 rings (SSSR count). The number of nitrogens with one attached hydrogen (secondary N) is 1. The van der Waals surface area contributed by atoms with Gasteiger partial charge in [0.15, 0.2) is 0 Å². The Balaban J connectivity index is 2.31. The SMILES string of the molecule is CCNC(C)CN1CCC(C)C(OC)C1. The van der Waals surface area contributed by atoms with Gasteiger partial charge in [0.25, 0.3) is 0 Å². The van der Waals surface area contributed by atoms with Gasteiger partial charge in [-0.2, -0.15) is 0 Å². The predicted molar refractivity (Wildman–Crippen MR) is 64.2 cm³/mol. The molecule has 3 unspecified atom stereocenters. The number of likely N-dealkylation sites (N-methyl/N-ethyl adjacent to an activating group) is 1. The molecule has 0 bridgehead atoms. The van der Waals surface area contributed by atoms with Crippen LogP contribution in [0.25, 0.3) is 0 Å². The molecule has 1 aliphatic rings. The quantitative estimate of drug-likeness (QED) is 0.747. The highest BCUT2D eigenvalue weighted by atomic mass is 16.5. The minimum atomic E-state index is 0.424. The van der Waals surface area contributed by atoms with E-state index < -0.39 is 0 Å². The maximum Gasteiger partial charge on any atom is 0.0724 e. The van der Waals surface area contributed by atoms with Crippen LogP contribution in [0.3, 0.4) is 0 Å². The monoisotopic (exact) mass is 214 g/mol. The van der Waals surface area contributed by atoms with Gasteiger partial charge in [0.2, 0.25) is 0 Å². The highest BCUT2D eigenvalue weighted by Crippen LogP contribution is 2.19. The number of hydrogen-bond acceptors (Lipinski definition) is 3. The summed E-state index contributed by atoms with van der Waals surface area (Å²) in [6.07, 6.45) is 1.68. The predicted octanol–water partition coefficient (Wildman–Crippen LogP) is 1.34. The van der Waals surface area contributed by atoms with E-state index >= 15 is 0 Å². The fraction of sp³-hybridized carbons (Fsp3) is 1.00. The highest BCUT2D eigenvalue weighted by molar-refractivity contribution is 4.80. The van der Waals surface area contributed by atoms with Crippen molar-refractivity contribution in [2.75, 3.05) is 33.3 Å². The Morgan fingerprint density at radius 1 is 1.53 bits per heavy atom. The Kier molecular flexibility index (Phi) is 5.58. The number of piperidine rings is 1. The minimum Gasteiger partial charge on any atom is -0.380 e. The second-order valence-corrected chi connectivity index (χ2v) is 4.76. The highest BCUT2D eigenvalue weighted by Gasteiger charge is 2.26. The van der Waals surface area contributed by atoms with Crippen molar-refractivity contribution < 1.29 is 4.74 Å². The molecule has 90 valence electrons. The largest absolute Gasteiger partial charge is 0.380 e. The Morgan fingerprint density at radius 2 is 2.27 bits per heavy atom. The lowest BCUT2D eigenvalue weighted by Crippen LogP contribution is -2.48. The second kappa shape index (κ2) is 6.46. The maximum atomic E-state index is 5.51. The molecule has 0 aromatic rings. The third-order valence-electron chi connectivity index (χ3n) is 3.36. The van der Waals surface area contributed by atoms with E-state index in [0.29, 0.717) is 18.1 Å². The van der Waals surface area contributed by atoms with E-state index in [4.69, 9.17) is 4.74 Å². The van der Waals surface area contributed by atoms with Crippen LogP contribution in [-0.2, 0) is 4.74 Å². The van der Waals surface area contributed by atoms with Crippen molar-refractivity contribution in [3.05, 3.63) is 0 Å². The van der Waals surface area contributed by atoms with E-state index in [-0.39, 0.29) is 0 Å². The number of rotatable bonds is 5. The zero-order valence-electron chi connectivity index (χ0n) is 10.6. The van der Waals surface area contributed by atoms with Gasteiger partial charge < -0.3 is 10.1 Å². The summed E-state index contributed by atoms with van der Waals surface area (Å²) in [6, 6.07) is 0.584. The first kappa shape index (κ1) is 12.9. The van der Waals surface area contributed by atoms with Gasteiger partial charge in [-0.25, -0.2) is 0 Å². The van der Waals surface area contributed by atoms with Crippen LogP contribution in [0.5, 0.6) is 0 Å². The van der Waals surface area contributed by atoms with Gasteiger partial charge in [0.1, 0.15) is 0 Å². The van der Waals surface area contributed by atoms with E-state index in [2.05, 4.69) is 31.0 Å². The molecule has 0 saturated carbocycles. The van der Waals surface area contributed by atoms with Crippen molar-refractivity contribution >= 4 is 0 Å². The summed E-state index contributed by atoms with van der Waals surface area (Å²) in [6.45, 7) is 11.2. The Hall–Kier alpha value is -0.120. The molecule has 0 amide bonds. The lowest BCUT2D eigenvalue weighted by molar-refractivity contribution is -0.00683. The first-order valence-corrected chi connectivity index (χ1v) is 6.15. The number of ether oxygens (including phenoxy) is 1. The Labute approximate surface area is 94.2 Å². The molecule has 0 aliphatic carbocycles. The third-order valence-corrected chi connectivity index (χ3v) is 3.36. The van der Waals surface area contributed by atoms with Crippen LogP contribution in [0.4, 0.5) is 0 Å². The standard InChI is InChI=1S/C12H26N2O/c1-5-13-11(3)8-14-7-6-10(2)12(9-14)15-4/h10-13H,5-9H2,1-4H3. The number of likely N-dealkylation sites (tertiary alicyclic amines) is 1. The van der Waals surface area contributed by atoms with Gasteiger partial charge in [-0.3, -0.25) is 4.90 Å². The van der Waals surface area contributed by atoms with E-state index in [1.54, 1.807) is 0 Å². The zero-order chi connectivity index (χ0) is 11.3. The molecule has 3 heteroatoms. The average molecular weight is 214 g/mol. The van der Waals surface area contributed by atoms with E-state index in [1.807, 2.05) is 7.11 Å². The van der Waals surface area contributed by atoms with Crippen molar-refractivity contribution in [1.29, 1.82) is 0 Å². The molecule has 1 fully saturated rings. The van der Waals surface area contributed by atoms with Crippen LogP contribution in [0.1, 0.15) is 27.2 Å². The average Bonchev–Trinajstić information content (AvgIpc) is 2.21.